The summed E-state index contributed by atoms with van der Waals surface area (Å²) in [4.78, 5) is 0.367. The molecule has 1 unspecified atom stereocenters. The molecule has 1 atom stereocenters. The number of sulfone groups is 1. The van der Waals surface area contributed by atoms with E-state index in [-0.39, 0.29) is 5.25 Å². The van der Waals surface area contributed by atoms with Crippen LogP contribution in [0.25, 0.3) is 11.0 Å². The van der Waals surface area contributed by atoms with Gasteiger partial charge in [0.1, 0.15) is 0 Å². The molecule has 2 rings (SSSR count). The van der Waals surface area contributed by atoms with Gasteiger partial charge >= 0.3 is 0 Å². The molecule has 2 aromatic rings. The van der Waals surface area contributed by atoms with Crippen LogP contribution in [0.3, 0.4) is 0 Å². The van der Waals surface area contributed by atoms with Crippen molar-refractivity contribution >= 4 is 20.8 Å². The summed E-state index contributed by atoms with van der Waals surface area (Å²) in [6.45, 7) is 4.05. The number of rotatable bonds is 12. The van der Waals surface area contributed by atoms with Crippen LogP contribution in [0.1, 0.15) is 78.1 Å². The Morgan fingerprint density at radius 2 is 1.64 bits per heavy atom. The Kier molecular flexibility index (Phi) is 7.94. The molecule has 1 heterocycles. The third-order valence-electron chi connectivity index (χ3n) is 4.90. The molecule has 0 saturated carbocycles. The lowest BCUT2D eigenvalue weighted by atomic mass is 10.1. The molecule has 0 aliphatic heterocycles. The van der Waals surface area contributed by atoms with Gasteiger partial charge in [0.25, 0.3) is 0 Å². The topological polar surface area (TPSA) is 60.2 Å². The van der Waals surface area contributed by atoms with Gasteiger partial charge in [0.05, 0.1) is 16.3 Å². The van der Waals surface area contributed by atoms with Gasteiger partial charge in [-0.15, -0.1) is 0 Å². The fraction of sp³-hybridized carbons (Fsp3) is 0.650. The number of aromatic nitrogens is 1. The monoisotopic (exact) mass is 365 g/mol. The van der Waals surface area contributed by atoms with Crippen LogP contribution in [0, 0.1) is 0 Å². The summed E-state index contributed by atoms with van der Waals surface area (Å²) >= 11 is 0. The Morgan fingerprint density at radius 1 is 1.00 bits per heavy atom. The van der Waals surface area contributed by atoms with Gasteiger partial charge in [-0.05, 0) is 31.5 Å². The molecule has 4 nitrogen and oxygen atoms in total. The zero-order valence-electron chi connectivity index (χ0n) is 15.5. The Hall–Kier alpha value is -1.36. The molecule has 1 aromatic carbocycles. The van der Waals surface area contributed by atoms with Gasteiger partial charge in [-0.2, -0.15) is 0 Å². The molecule has 0 radical (unpaired) electrons. The van der Waals surface area contributed by atoms with Crippen LogP contribution >= 0.6 is 0 Å². The van der Waals surface area contributed by atoms with Crippen molar-refractivity contribution < 1.29 is 12.9 Å². The average Bonchev–Trinajstić information content (AvgIpc) is 3.07. The molecule has 1 aromatic heterocycles. The van der Waals surface area contributed by atoms with Crippen molar-refractivity contribution in [3.05, 3.63) is 24.4 Å². The number of hydrogen-bond acceptors (Lipinski definition) is 4. The van der Waals surface area contributed by atoms with E-state index >= 15 is 0 Å². The maximum absolute atomic E-state index is 12.7. The predicted molar refractivity (Wildman–Crippen MR) is 103 cm³/mol. The number of hydrogen-bond donors (Lipinski definition) is 0. The van der Waals surface area contributed by atoms with Gasteiger partial charge in [-0.25, -0.2) is 8.42 Å². The molecular weight excluding hydrogens is 334 g/mol. The highest BCUT2D eigenvalue weighted by molar-refractivity contribution is 7.92. The van der Waals surface area contributed by atoms with E-state index in [2.05, 4.69) is 12.1 Å². The predicted octanol–water partition coefficient (Wildman–Crippen LogP) is 5.91. The first kappa shape index (κ1) is 20.0. The SMILES string of the molecule is CCCCCCCCCCCC(C)S(=O)(=O)c1ccc2oncc2c1. The minimum absolute atomic E-state index is 0.352. The fourth-order valence-electron chi connectivity index (χ4n) is 3.16. The normalized spacial score (nSPS) is 13.4. The largest absolute Gasteiger partial charge is 0.356 e. The molecule has 140 valence electrons. The van der Waals surface area contributed by atoms with Crippen molar-refractivity contribution in [3.8, 4) is 0 Å². The van der Waals surface area contributed by atoms with Gasteiger partial charge in [-0.3, -0.25) is 0 Å². The summed E-state index contributed by atoms with van der Waals surface area (Å²) < 4.78 is 30.5. The zero-order valence-corrected chi connectivity index (χ0v) is 16.4. The number of unbranched alkanes of at least 4 members (excludes halogenated alkanes) is 8. The highest BCUT2D eigenvalue weighted by Crippen LogP contribution is 2.24. The van der Waals surface area contributed by atoms with Gasteiger partial charge in [0, 0.05) is 5.39 Å². The van der Waals surface area contributed by atoms with Crippen LogP contribution < -0.4 is 0 Å². The number of fused-ring (bicyclic) bond motifs is 1. The lowest BCUT2D eigenvalue weighted by Gasteiger charge is -2.13. The molecule has 0 fully saturated rings. The van der Waals surface area contributed by atoms with E-state index in [0.717, 1.165) is 24.6 Å². The third kappa shape index (κ3) is 5.84. The summed E-state index contributed by atoms with van der Waals surface area (Å²) in [6, 6.07) is 4.96. The first-order valence-electron chi connectivity index (χ1n) is 9.64. The van der Waals surface area contributed by atoms with Crippen LogP contribution in [0.2, 0.25) is 0 Å². The average molecular weight is 366 g/mol. The van der Waals surface area contributed by atoms with Gasteiger partial charge < -0.3 is 4.52 Å². The van der Waals surface area contributed by atoms with Gasteiger partial charge in [0.2, 0.25) is 0 Å². The highest BCUT2D eigenvalue weighted by Gasteiger charge is 2.23. The second kappa shape index (κ2) is 9.95. The summed E-state index contributed by atoms with van der Waals surface area (Å²) in [6.07, 6.45) is 13.5. The molecule has 0 aliphatic rings. The van der Waals surface area contributed by atoms with E-state index in [1.165, 1.54) is 44.9 Å². The molecule has 25 heavy (non-hydrogen) atoms. The lowest BCUT2D eigenvalue weighted by Crippen LogP contribution is -2.17. The van der Waals surface area contributed by atoms with Crippen molar-refractivity contribution in [2.75, 3.05) is 0 Å². The minimum atomic E-state index is -3.29. The standard InChI is InChI=1S/C20H31NO3S/c1-3-4-5-6-7-8-9-10-11-12-17(2)25(22,23)19-13-14-20-18(15-19)16-21-24-20/h13-17H,3-12H2,1-2H3. The molecule has 0 amide bonds. The van der Waals surface area contributed by atoms with Crippen LogP contribution in [0.15, 0.2) is 33.8 Å². The molecule has 0 bridgehead atoms. The second-order valence-electron chi connectivity index (χ2n) is 7.00. The van der Waals surface area contributed by atoms with Crippen molar-refractivity contribution in [1.82, 2.24) is 5.16 Å². The van der Waals surface area contributed by atoms with Crippen LogP contribution in [-0.2, 0) is 9.84 Å². The quantitative estimate of drug-likeness (QED) is 0.439. The van der Waals surface area contributed by atoms with E-state index in [0.29, 0.717) is 10.5 Å². The fourth-order valence-corrected chi connectivity index (χ4v) is 4.65. The van der Waals surface area contributed by atoms with Crippen molar-refractivity contribution in [3.63, 3.8) is 0 Å². The molecule has 0 saturated heterocycles. The number of benzene rings is 1. The Morgan fingerprint density at radius 3 is 2.32 bits per heavy atom. The van der Waals surface area contributed by atoms with Crippen molar-refractivity contribution in [2.45, 2.75) is 88.2 Å². The lowest BCUT2D eigenvalue weighted by molar-refractivity contribution is 0.456. The maximum Gasteiger partial charge on any atom is 0.180 e. The molecule has 0 N–H and O–H groups in total. The van der Waals surface area contributed by atoms with Gasteiger partial charge in [0.15, 0.2) is 15.4 Å². The van der Waals surface area contributed by atoms with Crippen LogP contribution in [-0.4, -0.2) is 18.8 Å². The van der Waals surface area contributed by atoms with E-state index < -0.39 is 9.84 Å². The Labute approximate surface area is 151 Å². The second-order valence-corrected chi connectivity index (χ2v) is 9.36. The molecule has 0 aliphatic carbocycles. The molecule has 0 spiro atoms. The zero-order chi connectivity index (χ0) is 18.1. The first-order chi connectivity index (χ1) is 12.1. The Balaban J connectivity index is 1.73. The minimum Gasteiger partial charge on any atom is -0.356 e. The van der Waals surface area contributed by atoms with E-state index in [4.69, 9.17) is 4.52 Å². The third-order valence-corrected chi connectivity index (χ3v) is 7.10. The van der Waals surface area contributed by atoms with Crippen LogP contribution in [0.4, 0.5) is 0 Å². The summed E-state index contributed by atoms with van der Waals surface area (Å²) in [5.41, 5.74) is 0.616. The number of nitrogens with zero attached hydrogens (tertiary/aromatic N) is 1. The summed E-state index contributed by atoms with van der Waals surface area (Å²) in [5, 5.41) is 4.08. The van der Waals surface area contributed by atoms with E-state index in [1.54, 1.807) is 24.4 Å². The summed E-state index contributed by atoms with van der Waals surface area (Å²) in [7, 11) is -3.29. The van der Waals surface area contributed by atoms with E-state index in [1.807, 2.05) is 6.92 Å². The van der Waals surface area contributed by atoms with Crippen molar-refractivity contribution in [1.29, 1.82) is 0 Å². The van der Waals surface area contributed by atoms with Crippen LogP contribution in [0.5, 0.6) is 0 Å². The smallest absolute Gasteiger partial charge is 0.180 e. The molecule has 5 heteroatoms. The van der Waals surface area contributed by atoms with Gasteiger partial charge in [-0.1, -0.05) is 69.9 Å². The maximum atomic E-state index is 12.7. The first-order valence-corrected chi connectivity index (χ1v) is 11.2. The molecular formula is C20H31NO3S. The van der Waals surface area contributed by atoms with E-state index in [9.17, 15) is 8.42 Å². The van der Waals surface area contributed by atoms with Crippen molar-refractivity contribution in [2.24, 2.45) is 0 Å². The summed E-state index contributed by atoms with van der Waals surface area (Å²) in [5.74, 6) is 0. The highest BCUT2D eigenvalue weighted by atomic mass is 32.2. The Bertz CT molecular complexity index is 736.